The van der Waals surface area contributed by atoms with Gasteiger partial charge in [-0.15, -0.1) is 5.10 Å². The molecule has 0 N–H and O–H groups in total. The Kier molecular flexibility index (Phi) is 6.65. The maximum Gasteiger partial charge on any atom is 0.339 e. The third-order valence-electron chi connectivity index (χ3n) is 3.79. The van der Waals surface area contributed by atoms with Gasteiger partial charge >= 0.3 is 5.97 Å². The van der Waals surface area contributed by atoms with Crippen LogP contribution in [0.5, 0.6) is 5.75 Å². The summed E-state index contributed by atoms with van der Waals surface area (Å²) in [5.41, 5.74) is 2.17. The van der Waals surface area contributed by atoms with E-state index in [0.29, 0.717) is 22.2 Å². The predicted octanol–water partition coefficient (Wildman–Crippen LogP) is 2.93. The second kappa shape index (κ2) is 9.58. The zero-order chi connectivity index (χ0) is 19.8. The Morgan fingerprint density at radius 1 is 1.14 bits per heavy atom. The molecular weight excluding hydrogens is 376 g/mol. The number of carbonyl (C=O) groups excluding carboxylic acids is 1. The number of esters is 1. The average molecular weight is 394 g/mol. The maximum absolute atomic E-state index is 12.0. The molecule has 0 bridgehead atoms. The number of rotatable bonds is 6. The molecule has 142 valence electrons. The summed E-state index contributed by atoms with van der Waals surface area (Å²) in [4.78, 5) is 12.0. The first-order valence-electron chi connectivity index (χ1n) is 8.43. The monoisotopic (exact) mass is 394 g/mol. The van der Waals surface area contributed by atoms with Crippen molar-refractivity contribution in [3.05, 3.63) is 59.7 Å². The molecule has 0 fully saturated rings. The molecule has 0 amide bonds. The van der Waals surface area contributed by atoms with E-state index in [1.165, 1.54) is 11.8 Å². The van der Waals surface area contributed by atoms with Gasteiger partial charge in [0.15, 0.2) is 6.61 Å². The zero-order valence-electron chi connectivity index (χ0n) is 15.5. The number of ether oxygens (including phenoxy) is 2. The van der Waals surface area contributed by atoms with Crippen LogP contribution >= 0.6 is 11.8 Å². The standard InChI is InChI=1S/C20H18N4O3S/c1-15-9-3-4-10-16(15)19(25)27-13-7-8-14-28-20-21-22-23-24(20)17-11-5-6-12-18(17)26-2/h3-6,9-12H,13-14H2,1-2H3. The lowest BCUT2D eigenvalue weighted by molar-refractivity contribution is 0.0556. The Morgan fingerprint density at radius 2 is 1.93 bits per heavy atom. The van der Waals surface area contributed by atoms with Crippen molar-refractivity contribution < 1.29 is 14.3 Å². The summed E-state index contributed by atoms with van der Waals surface area (Å²) in [6, 6.07) is 14.8. The number of para-hydroxylation sites is 2. The smallest absolute Gasteiger partial charge is 0.339 e. The average Bonchev–Trinajstić information content (AvgIpc) is 3.19. The van der Waals surface area contributed by atoms with E-state index in [2.05, 4.69) is 27.4 Å². The summed E-state index contributed by atoms with van der Waals surface area (Å²) >= 11 is 1.38. The van der Waals surface area contributed by atoms with Crippen LogP contribution in [-0.4, -0.2) is 45.6 Å². The van der Waals surface area contributed by atoms with E-state index < -0.39 is 0 Å². The van der Waals surface area contributed by atoms with Crippen LogP contribution in [-0.2, 0) is 4.74 Å². The van der Waals surface area contributed by atoms with Gasteiger partial charge < -0.3 is 9.47 Å². The van der Waals surface area contributed by atoms with Gasteiger partial charge in [0.25, 0.3) is 0 Å². The molecule has 0 aliphatic rings. The molecule has 28 heavy (non-hydrogen) atoms. The summed E-state index contributed by atoms with van der Waals surface area (Å²) in [5, 5.41) is 12.3. The van der Waals surface area contributed by atoms with Crippen LogP contribution in [0, 0.1) is 18.8 Å². The molecule has 0 unspecified atom stereocenters. The number of nitrogens with zero attached hydrogens (tertiary/aromatic N) is 4. The molecular formula is C20H18N4O3S. The molecule has 0 saturated heterocycles. The van der Waals surface area contributed by atoms with Gasteiger partial charge in [0.1, 0.15) is 11.4 Å². The fourth-order valence-corrected chi connectivity index (χ4v) is 3.06. The van der Waals surface area contributed by atoms with Crippen LogP contribution in [0.2, 0.25) is 0 Å². The minimum absolute atomic E-state index is 0.0329. The van der Waals surface area contributed by atoms with Gasteiger partial charge in [-0.25, -0.2) is 4.79 Å². The van der Waals surface area contributed by atoms with E-state index in [1.807, 2.05) is 43.3 Å². The molecule has 0 spiro atoms. The van der Waals surface area contributed by atoms with Crippen LogP contribution in [0.1, 0.15) is 15.9 Å². The number of benzene rings is 2. The van der Waals surface area contributed by atoms with Gasteiger partial charge in [-0.2, -0.15) is 4.68 Å². The highest BCUT2D eigenvalue weighted by Crippen LogP contribution is 2.25. The van der Waals surface area contributed by atoms with Gasteiger partial charge in [0, 0.05) is 0 Å². The number of aromatic nitrogens is 4. The van der Waals surface area contributed by atoms with Crippen LogP contribution in [0.25, 0.3) is 5.69 Å². The van der Waals surface area contributed by atoms with Crippen molar-refractivity contribution >= 4 is 17.7 Å². The van der Waals surface area contributed by atoms with Crippen LogP contribution in [0.15, 0.2) is 53.7 Å². The number of tetrazole rings is 1. The Morgan fingerprint density at radius 3 is 2.75 bits per heavy atom. The Bertz CT molecular complexity index is 1020. The van der Waals surface area contributed by atoms with Crippen LogP contribution < -0.4 is 4.74 Å². The van der Waals surface area contributed by atoms with E-state index in [9.17, 15) is 4.79 Å². The van der Waals surface area contributed by atoms with Gasteiger partial charge in [-0.3, -0.25) is 0 Å². The summed E-state index contributed by atoms with van der Waals surface area (Å²) in [6.07, 6.45) is 0. The summed E-state index contributed by atoms with van der Waals surface area (Å²) < 4.78 is 12.1. The molecule has 0 aliphatic heterocycles. The fourth-order valence-electron chi connectivity index (χ4n) is 2.41. The SMILES string of the molecule is COc1ccccc1-n1nnnc1SCC#CCOC(=O)c1ccccc1C. The fraction of sp³-hybridized carbons (Fsp3) is 0.200. The lowest BCUT2D eigenvalue weighted by Crippen LogP contribution is -2.07. The largest absolute Gasteiger partial charge is 0.494 e. The first kappa shape index (κ1) is 19.5. The molecule has 7 nitrogen and oxygen atoms in total. The van der Waals surface area contributed by atoms with Gasteiger partial charge in [-0.1, -0.05) is 53.9 Å². The quantitative estimate of drug-likeness (QED) is 0.361. The van der Waals surface area contributed by atoms with Crippen molar-refractivity contribution in [3.63, 3.8) is 0 Å². The Labute approximate surface area is 167 Å². The molecule has 1 heterocycles. The lowest BCUT2D eigenvalue weighted by Gasteiger charge is -2.08. The summed E-state index contributed by atoms with van der Waals surface area (Å²) in [6.45, 7) is 1.90. The zero-order valence-corrected chi connectivity index (χ0v) is 16.3. The number of carbonyl (C=O) groups is 1. The van der Waals surface area contributed by atoms with E-state index >= 15 is 0 Å². The first-order chi connectivity index (χ1) is 13.7. The number of hydrogen-bond acceptors (Lipinski definition) is 7. The third kappa shape index (κ3) is 4.69. The molecule has 2 aromatic carbocycles. The van der Waals surface area contributed by atoms with Crippen molar-refractivity contribution in [2.75, 3.05) is 19.5 Å². The van der Waals surface area contributed by atoms with Crippen molar-refractivity contribution in [1.82, 2.24) is 20.2 Å². The maximum atomic E-state index is 12.0. The van der Waals surface area contributed by atoms with Crippen molar-refractivity contribution in [3.8, 4) is 23.3 Å². The lowest BCUT2D eigenvalue weighted by atomic mass is 10.1. The Balaban J connectivity index is 1.54. The highest BCUT2D eigenvalue weighted by molar-refractivity contribution is 7.99. The highest BCUT2D eigenvalue weighted by atomic mass is 32.2. The number of thioether (sulfide) groups is 1. The van der Waals surface area contributed by atoms with Gasteiger partial charge in [-0.05, 0) is 41.1 Å². The molecule has 0 saturated carbocycles. The normalized spacial score (nSPS) is 10.1. The van der Waals surface area contributed by atoms with Crippen LogP contribution in [0.3, 0.4) is 0 Å². The second-order valence-corrected chi connectivity index (χ2v) is 6.52. The van der Waals surface area contributed by atoms with Gasteiger partial charge in [0.05, 0.1) is 18.4 Å². The molecule has 0 atom stereocenters. The highest BCUT2D eigenvalue weighted by Gasteiger charge is 2.12. The summed E-state index contributed by atoms with van der Waals surface area (Å²) in [5.74, 6) is 6.53. The van der Waals surface area contributed by atoms with Crippen LogP contribution in [0.4, 0.5) is 0 Å². The van der Waals surface area contributed by atoms with E-state index in [1.54, 1.807) is 23.9 Å². The number of hydrogen-bond donors (Lipinski definition) is 0. The first-order valence-corrected chi connectivity index (χ1v) is 9.42. The molecule has 3 rings (SSSR count). The predicted molar refractivity (Wildman–Crippen MR) is 106 cm³/mol. The number of methoxy groups -OCH3 is 1. The number of aryl methyl sites for hydroxylation is 1. The molecule has 1 aromatic heterocycles. The van der Waals surface area contributed by atoms with E-state index in [-0.39, 0.29) is 12.6 Å². The van der Waals surface area contributed by atoms with E-state index in [4.69, 9.17) is 9.47 Å². The van der Waals surface area contributed by atoms with Crippen molar-refractivity contribution in [2.45, 2.75) is 12.1 Å². The molecule has 8 heteroatoms. The second-order valence-electron chi connectivity index (χ2n) is 5.58. The topological polar surface area (TPSA) is 79.1 Å². The minimum atomic E-state index is -0.375. The minimum Gasteiger partial charge on any atom is -0.494 e. The molecule has 0 aliphatic carbocycles. The van der Waals surface area contributed by atoms with E-state index in [0.717, 1.165) is 11.3 Å². The third-order valence-corrected chi connectivity index (χ3v) is 4.59. The molecule has 3 aromatic rings. The van der Waals surface area contributed by atoms with Crippen molar-refractivity contribution in [2.24, 2.45) is 0 Å². The summed E-state index contributed by atoms with van der Waals surface area (Å²) in [7, 11) is 1.60. The molecule has 0 radical (unpaired) electrons. The van der Waals surface area contributed by atoms with Gasteiger partial charge in [0.2, 0.25) is 5.16 Å². The van der Waals surface area contributed by atoms with Crippen molar-refractivity contribution in [1.29, 1.82) is 0 Å². The Hall–Kier alpha value is -3.31.